The first-order valence-corrected chi connectivity index (χ1v) is 6.82. The van der Waals surface area contributed by atoms with Gasteiger partial charge in [0.05, 0.1) is 4.75 Å². The molecule has 0 unspecified atom stereocenters. The molecule has 0 bridgehead atoms. The molecule has 0 amide bonds. The van der Waals surface area contributed by atoms with Gasteiger partial charge in [0, 0.05) is 12.8 Å². The first-order chi connectivity index (χ1) is 6.37. The van der Waals surface area contributed by atoms with E-state index in [0.717, 1.165) is 25.9 Å². The van der Waals surface area contributed by atoms with Crippen LogP contribution in [0.15, 0.2) is 0 Å². The maximum absolute atomic E-state index is 11.8. The van der Waals surface area contributed by atoms with Gasteiger partial charge in [-0.05, 0) is 40.0 Å². The monoisotopic (exact) mass is 220 g/mol. The second-order valence-corrected chi connectivity index (χ2v) is 6.85. The van der Waals surface area contributed by atoms with Crippen LogP contribution in [-0.2, 0) is 9.84 Å². The number of hydrogen-bond acceptors (Lipinski definition) is 4. The van der Waals surface area contributed by atoms with Crippen LogP contribution < -0.4 is 5.32 Å². The summed E-state index contributed by atoms with van der Waals surface area (Å²) in [5, 5.41) is 3.20. The fourth-order valence-electron chi connectivity index (χ4n) is 2.10. The minimum atomic E-state index is -2.96. The lowest BCUT2D eigenvalue weighted by Crippen LogP contribution is -2.53. The molecule has 84 valence electrons. The van der Waals surface area contributed by atoms with E-state index in [-0.39, 0.29) is 0 Å². The molecule has 0 saturated carbocycles. The first-order valence-electron chi connectivity index (χ1n) is 4.92. The van der Waals surface area contributed by atoms with E-state index in [1.807, 2.05) is 19.0 Å². The average molecular weight is 220 g/mol. The highest BCUT2D eigenvalue weighted by molar-refractivity contribution is 7.92. The molecule has 0 aliphatic carbocycles. The molecule has 1 heterocycles. The fraction of sp³-hybridized carbons (Fsp3) is 1.00. The molecule has 0 radical (unpaired) electrons. The molecule has 1 fully saturated rings. The number of nitrogens with zero attached hydrogens (tertiary/aromatic N) is 1. The molecule has 1 saturated heterocycles. The highest BCUT2D eigenvalue weighted by atomic mass is 32.2. The minimum Gasteiger partial charge on any atom is -0.317 e. The minimum absolute atomic E-state index is 0.526. The molecule has 0 spiro atoms. The van der Waals surface area contributed by atoms with Gasteiger partial charge in [-0.2, -0.15) is 0 Å². The Bertz CT molecular complexity index is 279. The number of rotatable bonds is 3. The molecule has 0 atom stereocenters. The number of sulfone groups is 1. The Morgan fingerprint density at radius 2 is 1.79 bits per heavy atom. The summed E-state index contributed by atoms with van der Waals surface area (Å²) in [6.45, 7) is 2.25. The lowest BCUT2D eigenvalue weighted by molar-refractivity contribution is 0.289. The summed E-state index contributed by atoms with van der Waals surface area (Å²) in [5.74, 6) is 0. The summed E-state index contributed by atoms with van der Waals surface area (Å²) in [4.78, 5) is 1.96. The third-order valence-electron chi connectivity index (χ3n) is 2.91. The SMILES string of the molecule is CN(C)CC1(S(C)(=O)=O)CCNCC1. The Morgan fingerprint density at radius 3 is 2.14 bits per heavy atom. The van der Waals surface area contributed by atoms with Gasteiger partial charge in [-0.15, -0.1) is 0 Å². The Kier molecular flexibility index (Phi) is 3.55. The summed E-state index contributed by atoms with van der Waals surface area (Å²) in [5.41, 5.74) is 0. The number of nitrogens with one attached hydrogen (secondary N) is 1. The van der Waals surface area contributed by atoms with E-state index in [9.17, 15) is 8.42 Å². The van der Waals surface area contributed by atoms with Crippen molar-refractivity contribution in [3.63, 3.8) is 0 Å². The van der Waals surface area contributed by atoms with E-state index in [1.54, 1.807) is 0 Å². The quantitative estimate of drug-likeness (QED) is 0.710. The topological polar surface area (TPSA) is 49.4 Å². The highest BCUT2D eigenvalue weighted by Crippen LogP contribution is 2.28. The van der Waals surface area contributed by atoms with E-state index >= 15 is 0 Å². The summed E-state index contributed by atoms with van der Waals surface area (Å²) in [7, 11) is 0.887. The van der Waals surface area contributed by atoms with Gasteiger partial charge < -0.3 is 10.2 Å². The molecule has 1 N–H and O–H groups in total. The van der Waals surface area contributed by atoms with E-state index in [2.05, 4.69) is 5.32 Å². The van der Waals surface area contributed by atoms with Crippen LogP contribution in [0.25, 0.3) is 0 Å². The maximum atomic E-state index is 11.8. The van der Waals surface area contributed by atoms with Crippen molar-refractivity contribution in [3.8, 4) is 0 Å². The van der Waals surface area contributed by atoms with Crippen molar-refractivity contribution in [2.75, 3.05) is 40.0 Å². The van der Waals surface area contributed by atoms with Gasteiger partial charge in [0.2, 0.25) is 0 Å². The smallest absolute Gasteiger partial charge is 0.154 e. The summed E-state index contributed by atoms with van der Waals surface area (Å²) in [6.07, 6.45) is 2.82. The predicted octanol–water partition coefficient (Wildman–Crippen LogP) is -0.285. The zero-order valence-electron chi connectivity index (χ0n) is 9.21. The van der Waals surface area contributed by atoms with Gasteiger partial charge in [0.1, 0.15) is 0 Å². The molecular formula is C9H20N2O2S. The van der Waals surface area contributed by atoms with Crippen molar-refractivity contribution in [2.24, 2.45) is 0 Å². The van der Waals surface area contributed by atoms with Crippen LogP contribution in [-0.4, -0.2) is 58.1 Å². The predicted molar refractivity (Wildman–Crippen MR) is 58.2 cm³/mol. The van der Waals surface area contributed by atoms with E-state index < -0.39 is 14.6 Å². The van der Waals surface area contributed by atoms with Crippen LogP contribution in [0.4, 0.5) is 0 Å². The fourth-order valence-corrected chi connectivity index (χ4v) is 3.54. The average Bonchev–Trinajstić information content (AvgIpc) is 2.02. The normalized spacial score (nSPS) is 22.6. The van der Waals surface area contributed by atoms with Crippen molar-refractivity contribution in [2.45, 2.75) is 17.6 Å². The molecule has 0 aromatic rings. The van der Waals surface area contributed by atoms with E-state index in [4.69, 9.17) is 0 Å². The van der Waals surface area contributed by atoms with Gasteiger partial charge in [-0.3, -0.25) is 0 Å². The standard InChI is InChI=1S/C9H20N2O2S/c1-11(2)8-9(14(3,12)13)4-6-10-7-5-9/h10H,4-8H2,1-3H3. The van der Waals surface area contributed by atoms with Crippen molar-refractivity contribution >= 4 is 9.84 Å². The van der Waals surface area contributed by atoms with E-state index in [0.29, 0.717) is 6.54 Å². The Hall–Kier alpha value is -0.130. The zero-order valence-corrected chi connectivity index (χ0v) is 10.0. The Balaban J connectivity index is 2.89. The molecule has 1 rings (SSSR count). The Morgan fingerprint density at radius 1 is 1.29 bits per heavy atom. The molecule has 5 heteroatoms. The summed E-state index contributed by atoms with van der Waals surface area (Å²) < 4.78 is 23.1. The first kappa shape index (κ1) is 11.9. The second-order valence-electron chi connectivity index (χ2n) is 4.44. The molecule has 1 aliphatic heterocycles. The van der Waals surface area contributed by atoms with E-state index in [1.165, 1.54) is 6.26 Å². The molecule has 0 aromatic heterocycles. The molecular weight excluding hydrogens is 200 g/mol. The van der Waals surface area contributed by atoms with Crippen LogP contribution in [0.2, 0.25) is 0 Å². The van der Waals surface area contributed by atoms with Crippen LogP contribution in [0.5, 0.6) is 0 Å². The van der Waals surface area contributed by atoms with Gasteiger partial charge in [-0.1, -0.05) is 0 Å². The molecule has 4 nitrogen and oxygen atoms in total. The maximum Gasteiger partial charge on any atom is 0.154 e. The van der Waals surface area contributed by atoms with Gasteiger partial charge in [0.25, 0.3) is 0 Å². The van der Waals surface area contributed by atoms with Gasteiger partial charge in [-0.25, -0.2) is 8.42 Å². The number of piperidine rings is 1. The highest BCUT2D eigenvalue weighted by Gasteiger charge is 2.41. The van der Waals surface area contributed by atoms with Crippen LogP contribution in [0, 0.1) is 0 Å². The molecule has 0 aromatic carbocycles. The van der Waals surface area contributed by atoms with Crippen molar-refractivity contribution < 1.29 is 8.42 Å². The number of hydrogen-bond donors (Lipinski definition) is 1. The van der Waals surface area contributed by atoms with Crippen LogP contribution >= 0.6 is 0 Å². The van der Waals surface area contributed by atoms with Crippen molar-refractivity contribution in [3.05, 3.63) is 0 Å². The summed E-state index contributed by atoms with van der Waals surface area (Å²) >= 11 is 0. The van der Waals surface area contributed by atoms with Gasteiger partial charge >= 0.3 is 0 Å². The van der Waals surface area contributed by atoms with Crippen molar-refractivity contribution in [1.29, 1.82) is 0 Å². The largest absolute Gasteiger partial charge is 0.317 e. The summed E-state index contributed by atoms with van der Waals surface area (Å²) in [6, 6.07) is 0. The second kappa shape index (κ2) is 4.16. The van der Waals surface area contributed by atoms with Gasteiger partial charge in [0.15, 0.2) is 9.84 Å². The van der Waals surface area contributed by atoms with Crippen molar-refractivity contribution in [1.82, 2.24) is 10.2 Å². The third-order valence-corrected chi connectivity index (χ3v) is 5.02. The molecule has 14 heavy (non-hydrogen) atoms. The lowest BCUT2D eigenvalue weighted by Gasteiger charge is -2.37. The third kappa shape index (κ3) is 2.46. The molecule has 1 aliphatic rings. The Labute approximate surface area is 86.6 Å². The van der Waals surface area contributed by atoms with Crippen LogP contribution in [0.3, 0.4) is 0 Å². The van der Waals surface area contributed by atoms with Crippen LogP contribution in [0.1, 0.15) is 12.8 Å². The zero-order chi connectivity index (χ0) is 10.8. The lowest BCUT2D eigenvalue weighted by atomic mass is 9.96.